The Hall–Kier alpha value is -6.36. The van der Waals surface area contributed by atoms with Crippen LogP contribution in [0.3, 0.4) is 0 Å². The number of hydrogen-bond acceptors (Lipinski definition) is 2. The largest absolute Gasteiger partial charge is 0.356 e. The molecule has 0 saturated carbocycles. The van der Waals surface area contributed by atoms with Crippen LogP contribution in [0.2, 0.25) is 0 Å². The minimum absolute atomic E-state index is 1.04. The van der Waals surface area contributed by atoms with Crippen molar-refractivity contribution in [1.82, 2.24) is 0 Å². The summed E-state index contributed by atoms with van der Waals surface area (Å²) in [5.74, 6) is 0. The molecule has 53 heavy (non-hydrogen) atoms. The van der Waals surface area contributed by atoms with Crippen molar-refractivity contribution < 1.29 is 0 Å². The molecule has 4 heteroatoms. The average molecular weight is 695 g/mol. The quantitative estimate of drug-likeness (QED) is 0.104. The summed E-state index contributed by atoms with van der Waals surface area (Å²) < 4.78 is 0. The van der Waals surface area contributed by atoms with Gasteiger partial charge in [-0.3, -0.25) is 0 Å². The smallest absolute Gasteiger partial charge is 0.198 e. The maximum absolute atomic E-state index is 3.84. The van der Waals surface area contributed by atoms with Crippen molar-refractivity contribution in [1.29, 1.82) is 0 Å². The lowest BCUT2D eigenvalue weighted by Crippen LogP contribution is -2.51. The van der Waals surface area contributed by atoms with Crippen LogP contribution in [0.5, 0.6) is 0 Å². The summed E-state index contributed by atoms with van der Waals surface area (Å²) in [5.41, 5.74) is 12.3. The van der Waals surface area contributed by atoms with Gasteiger partial charge in [0.15, 0.2) is 16.1 Å². The fraction of sp³-hybridized carbons (Fsp3) is 0.0204. The predicted octanol–water partition coefficient (Wildman–Crippen LogP) is 8.99. The number of anilines is 4. The van der Waals surface area contributed by atoms with Crippen molar-refractivity contribution in [2.75, 3.05) is 10.6 Å². The fourth-order valence-corrected chi connectivity index (χ4v) is 9.47. The second-order valence-electron chi connectivity index (χ2n) is 13.2. The predicted molar refractivity (Wildman–Crippen MR) is 231 cm³/mol. The van der Waals surface area contributed by atoms with Gasteiger partial charge in [0.2, 0.25) is 0 Å². The van der Waals surface area contributed by atoms with Gasteiger partial charge in [0.1, 0.15) is 0 Å². The molecule has 2 nitrogen and oxygen atoms in total. The van der Waals surface area contributed by atoms with Crippen molar-refractivity contribution >= 4 is 65.3 Å². The molecule has 0 fully saturated rings. The summed E-state index contributed by atoms with van der Waals surface area (Å²) in [4.78, 5) is 0. The third-order valence-electron chi connectivity index (χ3n) is 9.58. The van der Waals surface area contributed by atoms with Gasteiger partial charge in [-0.1, -0.05) is 202 Å². The minimum atomic E-state index is -1.16. The first-order valence-electron chi connectivity index (χ1n) is 18.1. The highest BCUT2D eigenvalue weighted by molar-refractivity contribution is 6.95. The van der Waals surface area contributed by atoms with E-state index < -0.39 is 8.80 Å². The first-order chi connectivity index (χ1) is 26.2. The van der Waals surface area contributed by atoms with Gasteiger partial charge in [-0.2, -0.15) is 0 Å². The van der Waals surface area contributed by atoms with E-state index in [4.69, 9.17) is 0 Å². The highest BCUT2D eigenvalue weighted by atomic mass is 28.3. The van der Waals surface area contributed by atoms with E-state index in [1.165, 1.54) is 32.3 Å². The summed E-state index contributed by atoms with van der Waals surface area (Å²) in [6, 6.07) is 73.9. The Bertz CT molecular complexity index is 2360. The van der Waals surface area contributed by atoms with Crippen LogP contribution in [-0.4, -0.2) is 16.1 Å². The molecule has 0 unspecified atom stereocenters. The van der Waals surface area contributed by atoms with Gasteiger partial charge in [0.05, 0.1) is 0 Å². The van der Waals surface area contributed by atoms with Crippen molar-refractivity contribution in [3.05, 3.63) is 212 Å². The van der Waals surface area contributed by atoms with Gasteiger partial charge in [-0.15, -0.1) is 0 Å². The molecule has 2 radical (unpaired) electrons. The summed E-state index contributed by atoms with van der Waals surface area (Å²) in [6.07, 6.45) is 0. The lowest BCUT2D eigenvalue weighted by atomic mass is 9.58. The van der Waals surface area contributed by atoms with Gasteiger partial charge in [0.25, 0.3) is 0 Å². The second kappa shape index (κ2) is 15.9. The second-order valence-corrected chi connectivity index (χ2v) is 15.7. The molecule has 8 rings (SSSR count). The molecular weight excluding hydrogens is 655 g/mol. The van der Waals surface area contributed by atoms with Crippen molar-refractivity contribution in [2.24, 2.45) is 0 Å². The highest BCUT2D eigenvalue weighted by Crippen LogP contribution is 2.26. The standard InChI is InChI=1S/C49H39BN2Si/c1-36-28-30-39(31-29-36)51-46-26-14-24-44(37-16-6-2-7-17-37)48(46)50-49-45(38-18-8-3-9-19-38)25-15-27-47(49)52-40-32-34-43(35-33-40)53(41-20-10-4-11-21-41)42-22-12-5-13-23-42/h2-35,51-52H,1H3. The van der Waals surface area contributed by atoms with E-state index in [0.717, 1.165) is 44.8 Å². The third-order valence-corrected chi connectivity index (χ3v) is 12.3. The van der Waals surface area contributed by atoms with Crippen LogP contribution in [0.4, 0.5) is 22.7 Å². The van der Waals surface area contributed by atoms with Crippen LogP contribution in [0.1, 0.15) is 5.56 Å². The monoisotopic (exact) mass is 694 g/mol. The fourth-order valence-electron chi connectivity index (χ4n) is 6.92. The van der Waals surface area contributed by atoms with Crippen LogP contribution < -0.4 is 37.1 Å². The SMILES string of the molecule is Cc1ccc(Nc2cccc(-c3ccccc3)c2[B]c2c(Nc3ccc([Si](c4ccccc4)c4ccccc4)cc3)cccc2-c2ccccc2)cc1. The van der Waals surface area contributed by atoms with Gasteiger partial charge < -0.3 is 10.6 Å². The van der Waals surface area contributed by atoms with E-state index >= 15 is 0 Å². The molecule has 8 aromatic carbocycles. The van der Waals surface area contributed by atoms with Crippen LogP contribution in [-0.2, 0) is 0 Å². The zero-order valence-electron chi connectivity index (χ0n) is 29.7. The van der Waals surface area contributed by atoms with Crippen molar-refractivity contribution in [3.8, 4) is 22.3 Å². The Morgan fingerprint density at radius 1 is 0.358 bits per heavy atom. The van der Waals surface area contributed by atoms with E-state index in [0.29, 0.717) is 0 Å². The van der Waals surface area contributed by atoms with E-state index in [-0.39, 0.29) is 0 Å². The third kappa shape index (κ3) is 7.79. The molecule has 0 spiro atoms. The Kier molecular flexibility index (Phi) is 10.1. The maximum Gasteiger partial charge on any atom is 0.198 e. The maximum atomic E-state index is 3.84. The molecule has 8 aromatic rings. The summed E-state index contributed by atoms with van der Waals surface area (Å²) >= 11 is 0. The minimum Gasteiger partial charge on any atom is -0.356 e. The molecule has 0 saturated heterocycles. The van der Waals surface area contributed by atoms with E-state index in [9.17, 15) is 0 Å². The lowest BCUT2D eigenvalue weighted by Gasteiger charge is -2.21. The Labute approximate surface area is 315 Å². The van der Waals surface area contributed by atoms with Crippen molar-refractivity contribution in [2.45, 2.75) is 6.92 Å². The van der Waals surface area contributed by atoms with Gasteiger partial charge in [0, 0.05) is 22.7 Å². The van der Waals surface area contributed by atoms with Crippen LogP contribution in [0, 0.1) is 6.92 Å². The lowest BCUT2D eigenvalue weighted by molar-refractivity contribution is 1.46. The molecule has 0 aliphatic carbocycles. The Morgan fingerprint density at radius 2 is 0.736 bits per heavy atom. The number of nitrogens with one attached hydrogen (secondary N) is 2. The van der Waals surface area contributed by atoms with Crippen LogP contribution in [0.15, 0.2) is 206 Å². The normalized spacial score (nSPS) is 10.9. The molecule has 0 amide bonds. The van der Waals surface area contributed by atoms with E-state index in [1.807, 2.05) is 0 Å². The number of benzene rings is 8. The summed E-state index contributed by atoms with van der Waals surface area (Å²) in [6.45, 7) is 2.12. The molecular formula is C49H39BN2Si. The summed E-state index contributed by atoms with van der Waals surface area (Å²) in [7, 11) is 1.19. The zero-order valence-corrected chi connectivity index (χ0v) is 30.7. The molecule has 252 valence electrons. The molecule has 2 N–H and O–H groups in total. The van der Waals surface area contributed by atoms with Crippen LogP contribution in [0.25, 0.3) is 22.3 Å². The van der Waals surface area contributed by atoms with E-state index in [1.54, 1.807) is 0 Å². The summed E-state index contributed by atoms with van der Waals surface area (Å²) in [5, 5.41) is 11.7. The van der Waals surface area contributed by atoms with Crippen LogP contribution >= 0.6 is 0 Å². The molecule has 0 aliphatic rings. The first-order valence-corrected chi connectivity index (χ1v) is 19.6. The Balaban J connectivity index is 1.21. The molecule has 0 aromatic heterocycles. The average Bonchev–Trinajstić information content (AvgIpc) is 3.22. The topological polar surface area (TPSA) is 24.1 Å². The molecule has 0 heterocycles. The van der Waals surface area contributed by atoms with Gasteiger partial charge in [-0.05, 0) is 65.6 Å². The van der Waals surface area contributed by atoms with E-state index in [2.05, 4.69) is 231 Å². The van der Waals surface area contributed by atoms with Gasteiger partial charge in [-0.25, -0.2) is 0 Å². The zero-order chi connectivity index (χ0) is 35.8. The molecule has 0 bridgehead atoms. The Morgan fingerprint density at radius 3 is 1.17 bits per heavy atom. The number of aryl methyl sites for hydroxylation is 1. The number of rotatable bonds is 11. The van der Waals surface area contributed by atoms with Crippen molar-refractivity contribution in [3.63, 3.8) is 0 Å². The highest BCUT2D eigenvalue weighted by Gasteiger charge is 2.21. The molecule has 0 atom stereocenters. The molecule has 0 aliphatic heterocycles. The number of hydrogen-bond donors (Lipinski definition) is 2. The first kappa shape index (κ1) is 33.8. The van der Waals surface area contributed by atoms with Gasteiger partial charge >= 0.3 is 0 Å².